The number of nitrogens with one attached hydrogen (secondary N) is 7. The molecule has 1 aliphatic heterocycles. The number of aliphatic hydroxyl groups excluding tert-OH is 2. The second-order valence-corrected chi connectivity index (χ2v) is 18.0. The summed E-state index contributed by atoms with van der Waals surface area (Å²) in [6.07, 6.45) is 3.56. The molecule has 2 atom stereocenters. The Morgan fingerprint density at radius 3 is 1.89 bits per heavy atom. The molecule has 75 heavy (non-hydrogen) atoms. The first-order chi connectivity index (χ1) is 35.9. The monoisotopic (exact) mass is 1040 g/mol. The summed E-state index contributed by atoms with van der Waals surface area (Å²) in [6.45, 7) is 4.05. The number of phenols is 2. The molecule has 8 amide bonds. The van der Waals surface area contributed by atoms with Gasteiger partial charge in [0, 0.05) is 88.0 Å². The van der Waals surface area contributed by atoms with Gasteiger partial charge in [-0.15, -0.1) is 0 Å². The molecule has 0 fully saturated rings. The highest BCUT2D eigenvalue weighted by Crippen LogP contribution is 2.42. The zero-order valence-electron chi connectivity index (χ0n) is 41.9. The number of aliphatic hydroxyl groups is 2. The standard InChI is InChI=1S/C51H66N10O14/c1-30(2)45(59-38(66)8-4-3-5-24-61-39(67)17-18-40(61)68)49(72)58-35(7-6-19-56-50(52)73)48(71)57-32-11-9-31(10-12-32)29-75-51(74)60(26-28-63)25-22-55-34-14-13-33(54-21-20-53-23-27-62)41-42(34)47(70)44-37(65)16-15-36(64)43(44)46(41)69/h9-18,30,35,45,53-55,62-65H,3-8,19-29H2,1-2H3,(H,57,71)(H,58,72)(H,59,66)(H3,52,56,73)/t35-,45-/m0/s1. The first-order valence-electron chi connectivity index (χ1n) is 24.6. The number of anilines is 3. The van der Waals surface area contributed by atoms with E-state index < -0.39 is 71.6 Å². The molecule has 0 bridgehead atoms. The molecule has 0 saturated heterocycles. The number of hydrogen-bond donors (Lipinski definition) is 12. The molecular formula is C51H66N10O14. The molecule has 24 nitrogen and oxygen atoms in total. The number of phenolic OH excluding ortho intramolecular Hbond substituents is 2. The maximum atomic E-state index is 14.0. The second-order valence-electron chi connectivity index (χ2n) is 18.0. The number of imide groups is 1. The third-order valence-corrected chi connectivity index (χ3v) is 12.1. The van der Waals surface area contributed by atoms with E-state index in [1.807, 2.05) is 0 Å². The van der Waals surface area contributed by atoms with Gasteiger partial charge in [0.25, 0.3) is 11.8 Å². The number of ether oxygens (including phenoxy) is 1. The minimum absolute atomic E-state index is 0.0126. The van der Waals surface area contributed by atoms with Crippen LogP contribution in [0.3, 0.4) is 0 Å². The zero-order valence-corrected chi connectivity index (χ0v) is 41.9. The smallest absolute Gasteiger partial charge is 0.410 e. The molecule has 0 unspecified atom stereocenters. The minimum Gasteiger partial charge on any atom is -0.507 e. The number of nitrogens with two attached hydrogens (primary N) is 1. The molecule has 0 radical (unpaired) electrons. The fourth-order valence-electron chi connectivity index (χ4n) is 8.25. The quantitative estimate of drug-likeness (QED) is 0.0200. The number of aromatic hydroxyl groups is 2. The van der Waals surface area contributed by atoms with E-state index in [9.17, 15) is 58.5 Å². The lowest BCUT2D eigenvalue weighted by Gasteiger charge is -2.26. The van der Waals surface area contributed by atoms with Crippen molar-refractivity contribution in [1.29, 1.82) is 0 Å². The molecule has 13 N–H and O–H groups in total. The topological polar surface area (TPSA) is 360 Å². The highest BCUT2D eigenvalue weighted by atomic mass is 16.6. The van der Waals surface area contributed by atoms with Gasteiger partial charge >= 0.3 is 12.1 Å². The van der Waals surface area contributed by atoms with E-state index in [1.54, 1.807) is 50.2 Å². The number of unbranched alkanes of at least 4 members (excludes halogenated alkanes) is 2. The van der Waals surface area contributed by atoms with Gasteiger partial charge in [0.2, 0.25) is 29.3 Å². The van der Waals surface area contributed by atoms with Crippen LogP contribution in [0, 0.1) is 5.92 Å². The van der Waals surface area contributed by atoms with Gasteiger partial charge in [-0.25, -0.2) is 9.59 Å². The van der Waals surface area contributed by atoms with Gasteiger partial charge in [0.05, 0.1) is 35.5 Å². The van der Waals surface area contributed by atoms with Crippen molar-refractivity contribution in [2.24, 2.45) is 11.7 Å². The molecule has 1 aliphatic carbocycles. The Bertz CT molecular complexity index is 2590. The fourth-order valence-corrected chi connectivity index (χ4v) is 8.25. The normalized spacial score (nSPS) is 13.4. The molecule has 1 heterocycles. The largest absolute Gasteiger partial charge is 0.507 e. The van der Waals surface area contributed by atoms with Crippen LogP contribution >= 0.6 is 0 Å². The average Bonchev–Trinajstić information content (AvgIpc) is 3.70. The summed E-state index contributed by atoms with van der Waals surface area (Å²) in [5, 5.41) is 60.0. The van der Waals surface area contributed by atoms with Crippen molar-refractivity contribution in [3.05, 3.63) is 88.5 Å². The van der Waals surface area contributed by atoms with Crippen LogP contribution in [0.25, 0.3) is 0 Å². The Labute approximate surface area is 432 Å². The Balaban J connectivity index is 1.16. The van der Waals surface area contributed by atoms with Crippen LogP contribution < -0.4 is 43.0 Å². The second kappa shape index (κ2) is 28.4. The number of amides is 8. The predicted molar refractivity (Wildman–Crippen MR) is 274 cm³/mol. The number of carbonyl (C=O) groups excluding carboxylic acids is 9. The number of ketones is 2. The van der Waals surface area contributed by atoms with E-state index in [1.165, 1.54) is 17.1 Å². The summed E-state index contributed by atoms with van der Waals surface area (Å²) in [5.74, 6) is -5.10. The van der Waals surface area contributed by atoms with Crippen LogP contribution in [0.1, 0.15) is 89.8 Å². The van der Waals surface area contributed by atoms with Crippen molar-refractivity contribution >= 4 is 70.3 Å². The molecule has 24 heteroatoms. The highest BCUT2D eigenvalue weighted by molar-refractivity contribution is 6.33. The van der Waals surface area contributed by atoms with Crippen LogP contribution in [0.2, 0.25) is 0 Å². The van der Waals surface area contributed by atoms with Crippen molar-refractivity contribution in [3.63, 3.8) is 0 Å². The molecule has 0 saturated carbocycles. The number of benzene rings is 3. The van der Waals surface area contributed by atoms with E-state index in [-0.39, 0.29) is 111 Å². The maximum absolute atomic E-state index is 14.0. The van der Waals surface area contributed by atoms with Crippen molar-refractivity contribution in [2.75, 3.05) is 81.5 Å². The number of fused-ring (bicyclic) bond motifs is 2. The summed E-state index contributed by atoms with van der Waals surface area (Å²) in [5.41, 5.74) is 5.76. The zero-order chi connectivity index (χ0) is 54.6. The van der Waals surface area contributed by atoms with Gasteiger partial charge in [0.15, 0.2) is 0 Å². The highest BCUT2D eigenvalue weighted by Gasteiger charge is 2.38. The van der Waals surface area contributed by atoms with E-state index in [2.05, 4.69) is 37.2 Å². The van der Waals surface area contributed by atoms with Gasteiger partial charge in [-0.05, 0) is 73.6 Å². The third-order valence-electron chi connectivity index (χ3n) is 12.1. The Morgan fingerprint density at radius 2 is 1.31 bits per heavy atom. The molecule has 0 aromatic heterocycles. The third kappa shape index (κ3) is 16.2. The summed E-state index contributed by atoms with van der Waals surface area (Å²) in [6, 6.07) is 8.81. The van der Waals surface area contributed by atoms with Crippen molar-refractivity contribution in [3.8, 4) is 11.5 Å². The molecule has 0 spiro atoms. The molecule has 404 valence electrons. The Kier molecular flexibility index (Phi) is 21.9. The van der Waals surface area contributed by atoms with Gasteiger partial charge in [-0.3, -0.25) is 38.5 Å². The number of primary amides is 1. The molecule has 5 rings (SSSR count). The maximum Gasteiger partial charge on any atom is 0.410 e. The van der Waals surface area contributed by atoms with Crippen LogP contribution in [-0.2, 0) is 35.3 Å². The van der Waals surface area contributed by atoms with E-state index >= 15 is 0 Å². The van der Waals surface area contributed by atoms with Crippen LogP contribution in [0.15, 0.2) is 60.7 Å². The van der Waals surface area contributed by atoms with Crippen LogP contribution in [0.5, 0.6) is 11.5 Å². The summed E-state index contributed by atoms with van der Waals surface area (Å²) < 4.78 is 5.55. The Morgan fingerprint density at radius 1 is 0.680 bits per heavy atom. The van der Waals surface area contributed by atoms with Gasteiger partial charge < -0.3 is 73.0 Å². The molecule has 2 aliphatic rings. The first-order valence-corrected chi connectivity index (χ1v) is 24.6. The lowest BCUT2D eigenvalue weighted by Crippen LogP contribution is -2.54. The van der Waals surface area contributed by atoms with Crippen LogP contribution in [0.4, 0.5) is 26.7 Å². The number of urea groups is 1. The lowest BCUT2D eigenvalue weighted by molar-refractivity contribution is -0.137. The number of carbonyl (C=O) groups is 9. The van der Waals surface area contributed by atoms with E-state index in [4.69, 9.17) is 15.6 Å². The van der Waals surface area contributed by atoms with E-state index in [0.717, 1.165) is 17.0 Å². The average molecular weight is 1040 g/mol. The number of nitrogens with zero attached hydrogens (tertiary/aromatic N) is 2. The van der Waals surface area contributed by atoms with Crippen LogP contribution in [-0.4, -0.2) is 161 Å². The lowest BCUT2D eigenvalue weighted by atomic mass is 9.81. The summed E-state index contributed by atoms with van der Waals surface area (Å²) in [7, 11) is 0. The first kappa shape index (κ1) is 57.8. The molecular weight excluding hydrogens is 977 g/mol. The fraction of sp³-hybridized carbons (Fsp3) is 0.431. The van der Waals surface area contributed by atoms with Crippen molar-refractivity contribution in [1.82, 2.24) is 31.1 Å². The predicted octanol–water partition coefficient (Wildman–Crippen LogP) is 1.41. The Hall–Kier alpha value is -8.09. The van der Waals surface area contributed by atoms with Gasteiger partial charge in [0.1, 0.15) is 30.2 Å². The molecule has 3 aromatic carbocycles. The SMILES string of the molecule is CC(C)[C@H](NC(=O)CCCCCN1C(=O)C=CC1=O)C(=O)N[C@@H](CCCNC(N)=O)C(=O)Nc1ccc(COC(=O)N(CCO)CCNc2ccc(NCCNCCO)c3c2C(=O)c2c(O)ccc(O)c2C3=O)cc1. The van der Waals surface area contributed by atoms with Crippen molar-refractivity contribution < 1.29 is 68.3 Å². The van der Waals surface area contributed by atoms with Gasteiger partial charge in [-0.2, -0.15) is 0 Å². The number of hydrogen-bond acceptors (Lipinski definition) is 17. The number of rotatable bonds is 30. The summed E-state index contributed by atoms with van der Waals surface area (Å²) in [4.78, 5) is 119. The van der Waals surface area contributed by atoms with Gasteiger partial charge in [-0.1, -0.05) is 32.4 Å². The minimum atomic E-state index is -1.11. The van der Waals surface area contributed by atoms with E-state index in [0.29, 0.717) is 55.8 Å². The molecule has 3 aromatic rings. The van der Waals surface area contributed by atoms with Crippen molar-refractivity contribution in [2.45, 2.75) is 71.1 Å². The summed E-state index contributed by atoms with van der Waals surface area (Å²) >= 11 is 0.